The highest BCUT2D eigenvalue weighted by Gasteiger charge is 2.27. The van der Waals surface area contributed by atoms with Crippen LogP contribution >= 0.6 is 11.8 Å². The van der Waals surface area contributed by atoms with Crippen molar-refractivity contribution in [1.82, 2.24) is 5.01 Å². The van der Waals surface area contributed by atoms with Gasteiger partial charge in [-0.15, -0.1) is 0 Å². The van der Waals surface area contributed by atoms with Crippen molar-refractivity contribution >= 4 is 29.1 Å². The molecule has 0 aromatic carbocycles. The number of aliphatic imine (C=N–C) groups is 1. The number of nitrogens with zero attached hydrogens (tertiary/aromatic N) is 3. The number of amidine groups is 1. The van der Waals surface area contributed by atoms with Gasteiger partial charge in [-0.1, -0.05) is 25.6 Å². The van der Waals surface area contributed by atoms with Crippen molar-refractivity contribution in [2.45, 2.75) is 33.7 Å². The quantitative estimate of drug-likeness (QED) is 0.692. The van der Waals surface area contributed by atoms with E-state index in [1.165, 1.54) is 16.8 Å². The number of hydrazone groups is 1. The predicted octanol–water partition coefficient (Wildman–Crippen LogP) is 1.97. The summed E-state index contributed by atoms with van der Waals surface area (Å²) in [6, 6.07) is 0.190. The lowest BCUT2D eigenvalue weighted by atomic mass is 10.3. The summed E-state index contributed by atoms with van der Waals surface area (Å²) in [4.78, 5) is 15.8. The largest absolute Gasteiger partial charge is 0.271 e. The molecule has 5 heteroatoms. The first kappa shape index (κ1) is 12.2. The Balaban J connectivity index is 2.78. The van der Waals surface area contributed by atoms with E-state index >= 15 is 0 Å². The van der Waals surface area contributed by atoms with Gasteiger partial charge in [-0.25, -0.2) is 0 Å². The van der Waals surface area contributed by atoms with Gasteiger partial charge in [0.05, 0.1) is 5.75 Å². The Bertz CT molecular complexity index is 297. The van der Waals surface area contributed by atoms with Crippen molar-refractivity contribution in [3.05, 3.63) is 0 Å². The van der Waals surface area contributed by atoms with Gasteiger partial charge in [-0.05, 0) is 19.8 Å². The molecule has 1 rings (SSSR count). The molecule has 0 bridgehead atoms. The molecule has 0 spiro atoms. The highest BCUT2D eigenvalue weighted by atomic mass is 32.2. The van der Waals surface area contributed by atoms with Crippen LogP contribution in [0.5, 0.6) is 0 Å². The van der Waals surface area contributed by atoms with Crippen LogP contribution in [0.25, 0.3) is 0 Å². The van der Waals surface area contributed by atoms with Crippen molar-refractivity contribution < 1.29 is 4.79 Å². The van der Waals surface area contributed by atoms with E-state index < -0.39 is 0 Å². The number of amides is 1. The third kappa shape index (κ3) is 3.66. The molecule has 0 N–H and O–H groups in total. The van der Waals surface area contributed by atoms with Crippen LogP contribution in [0.4, 0.5) is 0 Å². The average Bonchev–Trinajstić information content (AvgIpc) is 2.43. The molecule has 84 valence electrons. The number of thioether (sulfide) groups is 1. The van der Waals surface area contributed by atoms with Crippen LogP contribution in [-0.2, 0) is 4.79 Å². The van der Waals surface area contributed by atoms with Gasteiger partial charge in [0.25, 0.3) is 5.91 Å². The summed E-state index contributed by atoms with van der Waals surface area (Å²) < 4.78 is 0. The lowest BCUT2D eigenvalue weighted by molar-refractivity contribution is -0.124. The Morgan fingerprint density at radius 3 is 2.60 bits per heavy atom. The van der Waals surface area contributed by atoms with E-state index in [1.807, 2.05) is 27.7 Å². The monoisotopic (exact) mass is 227 g/mol. The topological polar surface area (TPSA) is 45.0 Å². The molecular weight excluding hydrogens is 210 g/mol. The number of hydrogen-bond acceptors (Lipinski definition) is 4. The van der Waals surface area contributed by atoms with Crippen LogP contribution < -0.4 is 0 Å². The Morgan fingerprint density at radius 1 is 1.40 bits per heavy atom. The van der Waals surface area contributed by atoms with Crippen LogP contribution in [0.2, 0.25) is 0 Å². The Labute approximate surface area is 94.8 Å². The second-order valence-corrected chi connectivity index (χ2v) is 4.95. The molecule has 1 aliphatic rings. The smallest absolute Gasteiger partial charge is 0.259 e. The van der Waals surface area contributed by atoms with Gasteiger partial charge >= 0.3 is 0 Å². The summed E-state index contributed by atoms with van der Waals surface area (Å²) >= 11 is 1.45. The number of hydrogen-bond donors (Lipinski definition) is 0. The van der Waals surface area contributed by atoms with Crippen LogP contribution in [0.1, 0.15) is 27.7 Å². The van der Waals surface area contributed by atoms with Gasteiger partial charge in [0, 0.05) is 12.3 Å². The minimum atomic E-state index is 0.0105. The van der Waals surface area contributed by atoms with Crippen LogP contribution in [0.15, 0.2) is 10.1 Å². The summed E-state index contributed by atoms with van der Waals surface area (Å²) in [5.41, 5.74) is 0. The molecule has 1 heterocycles. The molecular formula is C10H17N3OS. The fraction of sp³-hybridized carbons (Fsp3) is 0.700. The zero-order valence-corrected chi connectivity index (χ0v) is 10.4. The lowest BCUT2D eigenvalue weighted by Gasteiger charge is -2.10. The number of carbonyl (C=O) groups excluding carboxylic acids is 1. The summed E-state index contributed by atoms with van der Waals surface area (Å²) in [5.74, 6) is 0.793. The minimum absolute atomic E-state index is 0.0105. The van der Waals surface area contributed by atoms with Crippen molar-refractivity contribution in [3.63, 3.8) is 0 Å². The molecule has 0 radical (unpaired) electrons. The molecule has 0 unspecified atom stereocenters. The molecule has 0 aromatic rings. The first-order valence-electron chi connectivity index (χ1n) is 5.08. The van der Waals surface area contributed by atoms with Gasteiger partial charge in [-0.2, -0.15) is 10.1 Å². The second kappa shape index (κ2) is 5.30. The second-order valence-electron chi connectivity index (χ2n) is 4.01. The molecule has 0 saturated carbocycles. The Hall–Kier alpha value is -0.840. The Morgan fingerprint density at radius 2 is 2.07 bits per heavy atom. The zero-order chi connectivity index (χ0) is 11.4. The van der Waals surface area contributed by atoms with E-state index in [4.69, 9.17) is 0 Å². The normalized spacial score (nSPS) is 20.5. The van der Waals surface area contributed by atoms with E-state index in [0.717, 1.165) is 0 Å². The number of rotatable bonds is 3. The summed E-state index contributed by atoms with van der Waals surface area (Å²) in [6.45, 7) is 8.02. The third-order valence-corrected chi connectivity index (χ3v) is 2.52. The van der Waals surface area contributed by atoms with Crippen LogP contribution in [-0.4, -0.2) is 34.1 Å². The molecule has 15 heavy (non-hydrogen) atoms. The van der Waals surface area contributed by atoms with Crippen molar-refractivity contribution in [2.24, 2.45) is 16.0 Å². The molecule has 1 fully saturated rings. The first-order chi connectivity index (χ1) is 7.00. The molecule has 0 aliphatic carbocycles. The zero-order valence-electron chi connectivity index (χ0n) is 9.60. The maximum absolute atomic E-state index is 11.5. The van der Waals surface area contributed by atoms with Gasteiger partial charge < -0.3 is 0 Å². The van der Waals surface area contributed by atoms with Gasteiger partial charge in [0.15, 0.2) is 5.17 Å². The van der Waals surface area contributed by atoms with Crippen molar-refractivity contribution in [2.75, 3.05) is 5.75 Å². The fourth-order valence-electron chi connectivity index (χ4n) is 0.982. The summed E-state index contributed by atoms with van der Waals surface area (Å²) in [6.07, 6.45) is 1.76. The van der Waals surface area contributed by atoms with Crippen molar-refractivity contribution in [3.8, 4) is 0 Å². The maximum Gasteiger partial charge on any atom is 0.259 e. The van der Waals surface area contributed by atoms with E-state index in [0.29, 0.717) is 16.8 Å². The molecule has 0 aromatic heterocycles. The summed E-state index contributed by atoms with van der Waals surface area (Å²) in [5, 5.41) is 6.27. The lowest BCUT2D eigenvalue weighted by Crippen LogP contribution is -2.25. The molecule has 1 amide bonds. The standard InChI is InChI=1S/C10H17N3OS/c1-7(2)5-11-13-9(14)6-15-10(13)12-8(3)4/h5,7-8H,6H2,1-4H3/b11-5+,12-10-. The van der Waals surface area contributed by atoms with E-state index in [9.17, 15) is 4.79 Å². The van der Waals surface area contributed by atoms with E-state index in [-0.39, 0.29) is 11.9 Å². The summed E-state index contributed by atoms with van der Waals surface area (Å²) in [7, 11) is 0. The van der Waals surface area contributed by atoms with Crippen molar-refractivity contribution in [1.29, 1.82) is 0 Å². The van der Waals surface area contributed by atoms with Crippen LogP contribution in [0, 0.1) is 5.92 Å². The average molecular weight is 227 g/mol. The van der Waals surface area contributed by atoms with Crippen LogP contribution in [0.3, 0.4) is 0 Å². The predicted molar refractivity (Wildman–Crippen MR) is 65.2 cm³/mol. The maximum atomic E-state index is 11.5. The molecule has 4 nitrogen and oxygen atoms in total. The fourth-order valence-corrected chi connectivity index (χ4v) is 1.91. The SMILES string of the molecule is CC(C)/C=N/N1C(=O)CS/C1=N\C(C)C. The number of carbonyl (C=O) groups is 1. The van der Waals surface area contributed by atoms with E-state index in [2.05, 4.69) is 10.1 Å². The van der Waals surface area contributed by atoms with E-state index in [1.54, 1.807) is 6.21 Å². The third-order valence-electron chi connectivity index (χ3n) is 1.59. The molecule has 0 atom stereocenters. The van der Waals surface area contributed by atoms with Gasteiger partial charge in [0.2, 0.25) is 0 Å². The highest BCUT2D eigenvalue weighted by Crippen LogP contribution is 2.20. The first-order valence-corrected chi connectivity index (χ1v) is 6.07. The molecule has 1 aliphatic heterocycles. The Kier molecular flexibility index (Phi) is 4.32. The van der Waals surface area contributed by atoms with Gasteiger partial charge in [-0.3, -0.25) is 9.79 Å². The molecule has 1 saturated heterocycles. The minimum Gasteiger partial charge on any atom is -0.271 e. The highest BCUT2D eigenvalue weighted by molar-refractivity contribution is 8.15. The van der Waals surface area contributed by atoms with Gasteiger partial charge in [0.1, 0.15) is 0 Å².